The van der Waals surface area contributed by atoms with Gasteiger partial charge in [0.2, 0.25) is 11.8 Å². The summed E-state index contributed by atoms with van der Waals surface area (Å²) in [4.78, 5) is 38.7. The van der Waals surface area contributed by atoms with E-state index in [9.17, 15) is 19.5 Å². The number of carboxylic acid groups (broad SMARTS) is 1. The second-order valence-corrected chi connectivity index (χ2v) is 9.72. The first-order valence-corrected chi connectivity index (χ1v) is 13.0. The van der Waals surface area contributed by atoms with Crippen LogP contribution in [-0.2, 0) is 20.9 Å². The van der Waals surface area contributed by atoms with Gasteiger partial charge in [-0.15, -0.1) is 0 Å². The lowest BCUT2D eigenvalue weighted by Crippen LogP contribution is -2.33. The van der Waals surface area contributed by atoms with Crippen LogP contribution >= 0.6 is 23.2 Å². The van der Waals surface area contributed by atoms with Crippen LogP contribution in [0.3, 0.4) is 0 Å². The number of ether oxygens (including phenoxy) is 2. The lowest BCUT2D eigenvalue weighted by molar-refractivity contribution is -0.140. The average molecular weight is 551 g/mol. The maximum Gasteiger partial charge on any atom is 0.305 e. The van der Waals surface area contributed by atoms with Crippen molar-refractivity contribution >= 4 is 41.0 Å². The highest BCUT2D eigenvalue weighted by molar-refractivity contribution is 6.35. The van der Waals surface area contributed by atoms with Gasteiger partial charge >= 0.3 is 5.97 Å². The molecule has 200 valence electrons. The number of benzene rings is 2. The molecule has 1 heterocycles. The number of carboxylic acids is 1. The molecule has 2 amide bonds. The second-order valence-electron chi connectivity index (χ2n) is 8.88. The van der Waals surface area contributed by atoms with Gasteiger partial charge in [-0.05, 0) is 48.4 Å². The number of nitrogens with zero attached hydrogens (tertiary/aromatic N) is 2. The van der Waals surface area contributed by atoms with Crippen molar-refractivity contribution in [1.29, 1.82) is 0 Å². The molecule has 3 rings (SSSR count). The van der Waals surface area contributed by atoms with E-state index in [1.807, 2.05) is 12.1 Å². The zero-order chi connectivity index (χ0) is 26.9. The Balaban J connectivity index is 1.79. The zero-order valence-corrected chi connectivity index (χ0v) is 22.6. The topological polar surface area (TPSA) is 96.4 Å². The number of unbranched alkanes of at least 4 members (excludes halogenated alkanes) is 1. The quantitative estimate of drug-likeness (QED) is 0.317. The summed E-state index contributed by atoms with van der Waals surface area (Å²) < 4.78 is 11.4. The first-order chi connectivity index (χ1) is 17.7. The summed E-state index contributed by atoms with van der Waals surface area (Å²) in [5.41, 5.74) is 1.62. The monoisotopic (exact) mass is 550 g/mol. The Kier molecular flexibility index (Phi) is 10.6. The van der Waals surface area contributed by atoms with Crippen molar-refractivity contribution in [3.05, 3.63) is 57.6 Å². The number of likely N-dealkylation sites (tertiary alicyclic amines) is 1. The molecule has 0 aliphatic carbocycles. The molecule has 2 aromatic carbocycles. The van der Waals surface area contributed by atoms with E-state index in [0.717, 1.165) is 18.4 Å². The summed E-state index contributed by atoms with van der Waals surface area (Å²) in [7, 11) is 1.54. The Labute approximate surface area is 227 Å². The highest BCUT2D eigenvalue weighted by Crippen LogP contribution is 2.35. The minimum absolute atomic E-state index is 0.114. The van der Waals surface area contributed by atoms with Crippen LogP contribution in [0.2, 0.25) is 10.0 Å². The minimum Gasteiger partial charge on any atom is -0.493 e. The van der Waals surface area contributed by atoms with Crippen molar-refractivity contribution in [3.63, 3.8) is 0 Å². The molecule has 1 saturated heterocycles. The van der Waals surface area contributed by atoms with Crippen LogP contribution in [-0.4, -0.2) is 59.5 Å². The fraction of sp³-hybridized carbons (Fsp3) is 0.444. The third-order valence-corrected chi connectivity index (χ3v) is 6.83. The standard InChI is InChI=1S/C27H32Cl2N2O6/c1-3-4-11-30(22(16-27(34)35)20-7-6-19(28)15-21(20)29)17-18-5-8-23(24(14-18)36-2)37-13-12-31-25(32)9-10-26(31)33/h5-8,14-15,22H,3-4,9-13,16-17H2,1-2H3,(H,34,35). The molecule has 0 spiro atoms. The van der Waals surface area contributed by atoms with Gasteiger partial charge in [0, 0.05) is 35.5 Å². The van der Waals surface area contributed by atoms with Gasteiger partial charge in [-0.1, -0.05) is 48.7 Å². The van der Waals surface area contributed by atoms with Crippen LogP contribution in [0.5, 0.6) is 11.5 Å². The maximum absolute atomic E-state index is 11.8. The van der Waals surface area contributed by atoms with E-state index < -0.39 is 12.0 Å². The van der Waals surface area contributed by atoms with Crippen LogP contribution in [0.4, 0.5) is 0 Å². The molecule has 1 aliphatic heterocycles. The van der Waals surface area contributed by atoms with E-state index in [4.69, 9.17) is 32.7 Å². The van der Waals surface area contributed by atoms with Gasteiger partial charge < -0.3 is 14.6 Å². The molecule has 0 bridgehead atoms. The van der Waals surface area contributed by atoms with Crippen molar-refractivity contribution in [2.75, 3.05) is 26.8 Å². The highest BCUT2D eigenvalue weighted by atomic mass is 35.5. The van der Waals surface area contributed by atoms with Gasteiger partial charge in [0.25, 0.3) is 0 Å². The molecule has 2 aromatic rings. The molecule has 0 radical (unpaired) electrons. The number of carbonyl (C=O) groups excluding carboxylic acids is 2. The van der Waals surface area contributed by atoms with E-state index in [0.29, 0.717) is 40.2 Å². The Morgan fingerprint density at radius 3 is 2.46 bits per heavy atom. The molecule has 10 heteroatoms. The van der Waals surface area contributed by atoms with Crippen molar-refractivity contribution in [2.45, 2.75) is 51.6 Å². The number of imide groups is 1. The smallest absolute Gasteiger partial charge is 0.305 e. The van der Waals surface area contributed by atoms with Crippen LogP contribution < -0.4 is 9.47 Å². The average Bonchev–Trinajstić information content (AvgIpc) is 3.18. The Bertz CT molecular complexity index is 1110. The molecule has 0 saturated carbocycles. The first-order valence-electron chi connectivity index (χ1n) is 12.3. The van der Waals surface area contributed by atoms with Crippen LogP contribution in [0.1, 0.15) is 56.2 Å². The SMILES string of the molecule is CCCCN(Cc1ccc(OCCN2C(=O)CCC2=O)c(OC)c1)C(CC(=O)O)c1ccc(Cl)cc1Cl. The number of aliphatic carboxylic acids is 1. The van der Waals surface area contributed by atoms with Gasteiger partial charge in [0.15, 0.2) is 11.5 Å². The normalized spacial score (nSPS) is 14.4. The number of amides is 2. The lowest BCUT2D eigenvalue weighted by Gasteiger charge is -2.32. The lowest BCUT2D eigenvalue weighted by atomic mass is 10.00. The maximum atomic E-state index is 11.8. The summed E-state index contributed by atoms with van der Waals surface area (Å²) in [6.07, 6.45) is 2.21. The van der Waals surface area contributed by atoms with E-state index in [1.54, 1.807) is 24.3 Å². The van der Waals surface area contributed by atoms with Crippen LogP contribution in [0.25, 0.3) is 0 Å². The summed E-state index contributed by atoms with van der Waals surface area (Å²) >= 11 is 12.6. The van der Waals surface area contributed by atoms with E-state index in [1.165, 1.54) is 12.0 Å². The molecule has 8 nitrogen and oxygen atoms in total. The summed E-state index contributed by atoms with van der Waals surface area (Å²) in [5, 5.41) is 10.6. The molecule has 1 fully saturated rings. The number of halogens is 2. The van der Waals surface area contributed by atoms with Gasteiger partial charge in [0.1, 0.15) is 6.61 Å². The molecule has 1 N–H and O–H groups in total. The van der Waals surface area contributed by atoms with Crippen LogP contribution in [0.15, 0.2) is 36.4 Å². The number of carbonyl (C=O) groups is 3. The van der Waals surface area contributed by atoms with Crippen molar-refractivity contribution in [2.24, 2.45) is 0 Å². The predicted molar refractivity (Wildman–Crippen MR) is 141 cm³/mol. The van der Waals surface area contributed by atoms with Gasteiger partial charge in [-0.2, -0.15) is 0 Å². The molecule has 1 aliphatic rings. The molecule has 1 unspecified atom stereocenters. The third kappa shape index (κ3) is 7.84. The molecule has 37 heavy (non-hydrogen) atoms. The minimum atomic E-state index is -0.922. The predicted octanol–water partition coefficient (Wildman–Crippen LogP) is 5.35. The molecule has 0 aromatic heterocycles. The molecule has 1 atom stereocenters. The Morgan fingerprint density at radius 2 is 1.84 bits per heavy atom. The van der Waals surface area contributed by atoms with Gasteiger partial charge in [0.05, 0.1) is 20.1 Å². The van der Waals surface area contributed by atoms with Crippen molar-refractivity contribution in [3.8, 4) is 11.5 Å². The fourth-order valence-electron chi connectivity index (χ4n) is 4.36. The number of rotatable bonds is 14. The summed E-state index contributed by atoms with van der Waals surface area (Å²) in [5.74, 6) is -0.284. The number of methoxy groups -OCH3 is 1. The van der Waals surface area contributed by atoms with Crippen molar-refractivity contribution < 1.29 is 29.0 Å². The van der Waals surface area contributed by atoms with Gasteiger partial charge in [-0.3, -0.25) is 24.2 Å². The molecular formula is C27H32Cl2N2O6. The second kappa shape index (κ2) is 13.7. The van der Waals surface area contributed by atoms with E-state index in [2.05, 4.69) is 11.8 Å². The van der Waals surface area contributed by atoms with E-state index >= 15 is 0 Å². The first kappa shape index (κ1) is 28.8. The van der Waals surface area contributed by atoms with Gasteiger partial charge in [-0.25, -0.2) is 0 Å². The van der Waals surface area contributed by atoms with E-state index in [-0.39, 0.29) is 44.2 Å². The van der Waals surface area contributed by atoms with Crippen molar-refractivity contribution in [1.82, 2.24) is 9.80 Å². The zero-order valence-electron chi connectivity index (χ0n) is 21.0. The van der Waals surface area contributed by atoms with Crippen LogP contribution in [0, 0.1) is 0 Å². The summed E-state index contributed by atoms with van der Waals surface area (Å²) in [6, 6.07) is 10.2. The number of hydrogen-bond acceptors (Lipinski definition) is 6. The molecular weight excluding hydrogens is 519 g/mol. The fourth-order valence-corrected chi connectivity index (χ4v) is 4.90. The summed E-state index contributed by atoms with van der Waals surface area (Å²) in [6.45, 7) is 3.56. The Hall–Kier alpha value is -2.81. The third-order valence-electron chi connectivity index (χ3n) is 6.27. The Morgan fingerprint density at radius 1 is 1.11 bits per heavy atom. The number of hydrogen-bond donors (Lipinski definition) is 1. The largest absolute Gasteiger partial charge is 0.493 e. The highest BCUT2D eigenvalue weighted by Gasteiger charge is 2.29.